The van der Waals surface area contributed by atoms with E-state index in [9.17, 15) is 0 Å². The highest BCUT2D eigenvalue weighted by Crippen LogP contribution is 2.06. The molecule has 212 valence electrons. The van der Waals surface area contributed by atoms with Gasteiger partial charge in [0.1, 0.15) is 13.1 Å². The van der Waals surface area contributed by atoms with Crippen LogP contribution in [0, 0.1) is 0 Å². The molecule has 0 aliphatic heterocycles. The smallest absolute Gasteiger partial charge is 0.169 e. The molecule has 0 atom stereocenters. The third-order valence-electron chi connectivity index (χ3n) is 5.91. The number of pyridine rings is 2. The van der Waals surface area contributed by atoms with Gasteiger partial charge in [0.25, 0.3) is 0 Å². The Morgan fingerprint density at radius 1 is 0.500 bits per heavy atom. The van der Waals surface area contributed by atoms with E-state index in [1.54, 1.807) is 0 Å². The van der Waals surface area contributed by atoms with E-state index in [1.807, 2.05) is 0 Å². The van der Waals surface area contributed by atoms with Crippen LogP contribution in [0.25, 0.3) is 12.2 Å². The van der Waals surface area contributed by atoms with E-state index in [0.717, 1.165) is 13.1 Å². The van der Waals surface area contributed by atoms with Crippen molar-refractivity contribution >= 4 is 12.2 Å². The molecule has 0 saturated carbocycles. The molecule has 0 N–H and O–H groups in total. The van der Waals surface area contributed by atoms with Crippen molar-refractivity contribution in [2.24, 2.45) is 0 Å². The molecule has 0 bridgehead atoms. The van der Waals surface area contributed by atoms with Crippen LogP contribution in [0.5, 0.6) is 0 Å². The lowest BCUT2D eigenvalue weighted by Crippen LogP contribution is -3.00. The highest BCUT2D eigenvalue weighted by atomic mass is 79.9. The van der Waals surface area contributed by atoms with Crippen molar-refractivity contribution in [3.63, 3.8) is 0 Å². The van der Waals surface area contributed by atoms with Gasteiger partial charge in [0.05, 0.1) is 0 Å². The average Bonchev–Trinajstić information content (AvgIpc) is 2.93. The van der Waals surface area contributed by atoms with Crippen molar-refractivity contribution in [2.75, 3.05) is 0 Å². The molecule has 0 aliphatic carbocycles. The molecule has 0 amide bonds. The summed E-state index contributed by atoms with van der Waals surface area (Å²) in [5.41, 5.74) is 7.26. The first-order valence-electron chi connectivity index (χ1n) is 13.5. The standard InChI is InChI=1S/C36H44N2.2BrH/c1-7-37-27-23-35(24-28-37)21-19-33(5)17-11-15-31(3)13-9-10-14-32(4)16-12-18-34(6)20-22-36-25-29-38(8-2)30-26-36;;/h9-30H,7-8H2,1-6H3;2*1H/q+2;;/p-2. The third kappa shape index (κ3) is 16.1. The van der Waals surface area contributed by atoms with Gasteiger partial charge in [-0.15, -0.1) is 0 Å². The van der Waals surface area contributed by atoms with Gasteiger partial charge >= 0.3 is 0 Å². The fraction of sp³-hybridized carbons (Fsp3) is 0.222. The van der Waals surface area contributed by atoms with Gasteiger partial charge in [0.2, 0.25) is 0 Å². The number of hydrogen-bond donors (Lipinski definition) is 0. The number of aryl methyl sites for hydroxylation is 2. The molecule has 2 rings (SSSR count). The van der Waals surface area contributed by atoms with E-state index in [2.05, 4.69) is 185 Å². The molecule has 2 aromatic rings. The van der Waals surface area contributed by atoms with Crippen molar-refractivity contribution in [3.8, 4) is 0 Å². The summed E-state index contributed by atoms with van der Waals surface area (Å²) >= 11 is 0. The summed E-state index contributed by atoms with van der Waals surface area (Å²) in [6, 6.07) is 8.55. The fourth-order valence-electron chi connectivity index (χ4n) is 3.38. The zero-order valence-electron chi connectivity index (χ0n) is 24.8. The van der Waals surface area contributed by atoms with Crippen LogP contribution in [0.2, 0.25) is 0 Å². The molecule has 0 unspecified atom stereocenters. The number of hydrogen-bond acceptors (Lipinski definition) is 0. The van der Waals surface area contributed by atoms with Crippen LogP contribution in [0.4, 0.5) is 0 Å². The minimum absolute atomic E-state index is 0. The van der Waals surface area contributed by atoms with Crippen molar-refractivity contribution < 1.29 is 43.1 Å². The fourth-order valence-corrected chi connectivity index (χ4v) is 3.38. The molecule has 2 nitrogen and oxygen atoms in total. The maximum absolute atomic E-state index is 2.16. The number of allylic oxidation sites excluding steroid dienone is 16. The summed E-state index contributed by atoms with van der Waals surface area (Å²) in [6.45, 7) is 14.7. The lowest BCUT2D eigenvalue weighted by Gasteiger charge is -1.94. The monoisotopic (exact) mass is 662 g/mol. The Morgan fingerprint density at radius 3 is 1.12 bits per heavy atom. The van der Waals surface area contributed by atoms with Gasteiger partial charge in [-0.3, -0.25) is 0 Å². The molecule has 0 aliphatic rings. The molecular formula is C36H44Br2N2. The second-order valence-electron chi connectivity index (χ2n) is 9.34. The summed E-state index contributed by atoms with van der Waals surface area (Å²) in [6.07, 6.45) is 38.1. The van der Waals surface area contributed by atoms with E-state index in [1.165, 1.54) is 33.4 Å². The Bertz CT molecular complexity index is 1180. The number of aromatic nitrogens is 2. The van der Waals surface area contributed by atoms with Gasteiger partial charge in [-0.05, 0) is 52.7 Å². The molecule has 2 aromatic heterocycles. The van der Waals surface area contributed by atoms with Gasteiger partial charge in [0, 0.05) is 24.3 Å². The topological polar surface area (TPSA) is 7.76 Å². The van der Waals surface area contributed by atoms with Crippen LogP contribution >= 0.6 is 0 Å². The summed E-state index contributed by atoms with van der Waals surface area (Å²) in [5, 5.41) is 0. The second kappa shape index (κ2) is 21.7. The van der Waals surface area contributed by atoms with E-state index in [-0.39, 0.29) is 34.0 Å². The first-order chi connectivity index (χ1) is 18.4. The first kappa shape index (κ1) is 36.9. The van der Waals surface area contributed by atoms with Crippen LogP contribution in [-0.2, 0) is 13.1 Å². The van der Waals surface area contributed by atoms with Crippen LogP contribution in [0.15, 0.2) is 144 Å². The van der Waals surface area contributed by atoms with Crippen molar-refractivity contribution in [1.29, 1.82) is 0 Å². The van der Waals surface area contributed by atoms with Crippen molar-refractivity contribution in [3.05, 3.63) is 155 Å². The van der Waals surface area contributed by atoms with Crippen molar-refractivity contribution in [2.45, 2.75) is 54.6 Å². The summed E-state index contributed by atoms with van der Waals surface area (Å²) in [7, 11) is 0. The quantitative estimate of drug-likeness (QED) is 0.244. The number of nitrogens with zero attached hydrogens (tertiary/aromatic N) is 2. The van der Waals surface area contributed by atoms with Gasteiger partial charge in [0.15, 0.2) is 24.8 Å². The van der Waals surface area contributed by atoms with E-state index >= 15 is 0 Å². The van der Waals surface area contributed by atoms with Crippen LogP contribution < -0.4 is 43.1 Å². The Hall–Kier alpha value is -3.08. The Kier molecular flexibility index (Phi) is 20.0. The molecular weight excluding hydrogens is 620 g/mol. The van der Waals surface area contributed by atoms with Gasteiger partial charge in [-0.1, -0.05) is 107 Å². The normalized spacial score (nSPS) is 13.7. The predicted molar refractivity (Wildman–Crippen MR) is 165 cm³/mol. The highest BCUT2D eigenvalue weighted by molar-refractivity contribution is 5.52. The minimum Gasteiger partial charge on any atom is -1.00 e. The summed E-state index contributed by atoms with van der Waals surface area (Å²) in [4.78, 5) is 0. The van der Waals surface area contributed by atoms with Gasteiger partial charge in [-0.2, -0.15) is 0 Å². The van der Waals surface area contributed by atoms with Gasteiger partial charge < -0.3 is 34.0 Å². The number of halogens is 2. The summed E-state index contributed by atoms with van der Waals surface area (Å²) in [5.74, 6) is 0. The second-order valence-corrected chi connectivity index (χ2v) is 9.34. The first-order valence-corrected chi connectivity index (χ1v) is 13.5. The summed E-state index contributed by atoms with van der Waals surface area (Å²) < 4.78 is 4.32. The molecule has 40 heavy (non-hydrogen) atoms. The van der Waals surface area contributed by atoms with E-state index in [0.29, 0.717) is 0 Å². The molecule has 0 aromatic carbocycles. The Labute approximate surface area is 264 Å². The van der Waals surface area contributed by atoms with Crippen LogP contribution in [-0.4, -0.2) is 0 Å². The lowest BCUT2D eigenvalue weighted by molar-refractivity contribution is -0.693. The van der Waals surface area contributed by atoms with Gasteiger partial charge in [-0.25, -0.2) is 9.13 Å². The third-order valence-corrected chi connectivity index (χ3v) is 5.91. The molecule has 2 heterocycles. The maximum Gasteiger partial charge on any atom is 0.169 e. The molecule has 0 saturated heterocycles. The molecule has 4 heteroatoms. The minimum atomic E-state index is 0. The highest BCUT2D eigenvalue weighted by Gasteiger charge is 1.95. The Balaban J connectivity index is 0.00000760. The zero-order chi connectivity index (χ0) is 27.6. The maximum atomic E-state index is 2.16. The molecule has 0 fully saturated rings. The van der Waals surface area contributed by atoms with E-state index < -0.39 is 0 Å². The molecule has 0 radical (unpaired) electrons. The SMILES string of the molecule is CC[n+]1ccc(C=CC(C)=CC=CC(C)=CC=CC=C(C)C=CC=C(C)C=Cc2cc[n+](CC)cc2)cc1.[Br-].[Br-]. The number of rotatable bonds is 12. The largest absolute Gasteiger partial charge is 1.00 e. The Morgan fingerprint density at radius 2 is 0.800 bits per heavy atom. The van der Waals surface area contributed by atoms with Crippen LogP contribution in [0.3, 0.4) is 0 Å². The lowest BCUT2D eigenvalue weighted by atomic mass is 10.1. The predicted octanol–water partition coefficient (Wildman–Crippen LogP) is 2.49. The van der Waals surface area contributed by atoms with E-state index in [4.69, 9.17) is 0 Å². The molecule has 0 spiro atoms. The van der Waals surface area contributed by atoms with Crippen molar-refractivity contribution in [1.82, 2.24) is 0 Å². The zero-order valence-corrected chi connectivity index (χ0v) is 27.9. The average molecular weight is 665 g/mol. The van der Waals surface area contributed by atoms with Crippen LogP contribution in [0.1, 0.15) is 52.7 Å².